The number of amides is 1. The first-order valence-electron chi connectivity index (χ1n) is 9.81. The van der Waals surface area contributed by atoms with E-state index in [0.717, 1.165) is 42.6 Å². The van der Waals surface area contributed by atoms with Crippen LogP contribution >= 0.6 is 23.4 Å². The Balaban J connectivity index is 1.53. The van der Waals surface area contributed by atoms with Crippen molar-refractivity contribution >= 4 is 35.0 Å². The van der Waals surface area contributed by atoms with Gasteiger partial charge in [-0.05, 0) is 56.0 Å². The van der Waals surface area contributed by atoms with E-state index in [9.17, 15) is 9.59 Å². The fourth-order valence-electron chi connectivity index (χ4n) is 3.58. The van der Waals surface area contributed by atoms with Crippen molar-refractivity contribution in [3.05, 3.63) is 81.1 Å². The summed E-state index contributed by atoms with van der Waals surface area (Å²) in [5.41, 5.74) is 3.28. The minimum Gasteiger partial charge on any atom is -0.325 e. The second-order valence-electron chi connectivity index (χ2n) is 7.09. The number of anilines is 1. The highest BCUT2D eigenvalue weighted by Gasteiger charge is 2.21. The third kappa shape index (κ3) is 4.91. The molecule has 1 aliphatic rings. The van der Waals surface area contributed by atoms with Gasteiger partial charge in [-0.2, -0.15) is 4.98 Å². The van der Waals surface area contributed by atoms with Gasteiger partial charge in [0.05, 0.1) is 18.0 Å². The summed E-state index contributed by atoms with van der Waals surface area (Å²) in [6, 6.07) is 12.7. The van der Waals surface area contributed by atoms with Gasteiger partial charge in [-0.3, -0.25) is 14.3 Å². The fraction of sp³-hybridized carbons (Fsp3) is 0.273. The van der Waals surface area contributed by atoms with E-state index in [1.54, 1.807) is 35.0 Å². The molecular weight excluding hydrogens is 420 g/mol. The number of benzene rings is 1. The van der Waals surface area contributed by atoms with E-state index in [2.05, 4.69) is 15.3 Å². The maximum atomic E-state index is 12.8. The Morgan fingerprint density at radius 1 is 1.17 bits per heavy atom. The molecular formula is C22H21ClN4O2S. The Hall–Kier alpha value is -2.64. The molecule has 2 aromatic heterocycles. The van der Waals surface area contributed by atoms with Crippen LogP contribution in [0.5, 0.6) is 0 Å². The molecule has 1 aromatic carbocycles. The zero-order valence-electron chi connectivity index (χ0n) is 16.3. The van der Waals surface area contributed by atoms with Gasteiger partial charge in [-0.15, -0.1) is 0 Å². The van der Waals surface area contributed by atoms with Crippen LogP contribution in [0, 0.1) is 0 Å². The van der Waals surface area contributed by atoms with Crippen LogP contribution in [-0.4, -0.2) is 26.2 Å². The lowest BCUT2D eigenvalue weighted by molar-refractivity contribution is -0.113. The second kappa shape index (κ2) is 9.45. The largest absolute Gasteiger partial charge is 0.349 e. The SMILES string of the molecule is O=C(CSc1nc(=O)n(Cc2ccccn2)c2c1CCCC2)Nc1cccc(Cl)c1. The van der Waals surface area contributed by atoms with E-state index >= 15 is 0 Å². The molecule has 1 aliphatic carbocycles. The lowest BCUT2D eigenvalue weighted by Gasteiger charge is -2.22. The molecule has 4 rings (SSSR count). The van der Waals surface area contributed by atoms with Crippen LogP contribution in [0.25, 0.3) is 0 Å². The number of carbonyl (C=O) groups excluding carboxylic acids is 1. The van der Waals surface area contributed by atoms with Crippen molar-refractivity contribution < 1.29 is 4.79 Å². The third-order valence-electron chi connectivity index (χ3n) is 4.95. The average molecular weight is 441 g/mol. The number of hydrogen-bond acceptors (Lipinski definition) is 5. The highest BCUT2D eigenvalue weighted by Crippen LogP contribution is 2.29. The van der Waals surface area contributed by atoms with Crippen LogP contribution < -0.4 is 11.0 Å². The van der Waals surface area contributed by atoms with Crippen LogP contribution in [-0.2, 0) is 24.2 Å². The summed E-state index contributed by atoms with van der Waals surface area (Å²) >= 11 is 7.27. The monoisotopic (exact) mass is 440 g/mol. The Morgan fingerprint density at radius 3 is 2.83 bits per heavy atom. The molecule has 6 nitrogen and oxygen atoms in total. The zero-order chi connectivity index (χ0) is 20.9. The standard InChI is InChI=1S/C22H21ClN4O2S/c23-15-6-5-8-16(12-15)25-20(28)14-30-21-18-9-1-2-10-19(18)27(22(29)26-21)13-17-7-3-4-11-24-17/h3-8,11-12H,1-2,9-10,13-14H2,(H,25,28). The predicted octanol–water partition coefficient (Wildman–Crippen LogP) is 3.95. The number of fused-ring (bicyclic) bond motifs is 1. The number of carbonyl (C=O) groups is 1. The molecule has 0 spiro atoms. The number of aromatic nitrogens is 3. The molecule has 1 N–H and O–H groups in total. The van der Waals surface area contributed by atoms with Crippen molar-refractivity contribution in [2.75, 3.05) is 11.1 Å². The number of rotatable bonds is 6. The molecule has 8 heteroatoms. The number of nitrogens with zero attached hydrogens (tertiary/aromatic N) is 3. The maximum Gasteiger partial charge on any atom is 0.349 e. The molecule has 0 bridgehead atoms. The molecule has 0 unspecified atom stereocenters. The fourth-order valence-corrected chi connectivity index (χ4v) is 4.65. The van der Waals surface area contributed by atoms with Gasteiger partial charge in [0.15, 0.2) is 0 Å². The normalized spacial score (nSPS) is 13.0. The summed E-state index contributed by atoms with van der Waals surface area (Å²) in [4.78, 5) is 33.8. The number of hydrogen-bond donors (Lipinski definition) is 1. The molecule has 0 radical (unpaired) electrons. The Kier molecular flexibility index (Phi) is 6.50. The van der Waals surface area contributed by atoms with E-state index in [1.165, 1.54) is 11.8 Å². The van der Waals surface area contributed by atoms with E-state index < -0.39 is 0 Å². The molecule has 3 aromatic rings. The van der Waals surface area contributed by atoms with Gasteiger partial charge in [0.25, 0.3) is 0 Å². The Morgan fingerprint density at radius 2 is 2.03 bits per heavy atom. The van der Waals surface area contributed by atoms with Gasteiger partial charge >= 0.3 is 5.69 Å². The maximum absolute atomic E-state index is 12.8. The van der Waals surface area contributed by atoms with Crippen molar-refractivity contribution in [3.8, 4) is 0 Å². The number of thioether (sulfide) groups is 1. The van der Waals surface area contributed by atoms with Crippen LogP contribution in [0.3, 0.4) is 0 Å². The van der Waals surface area contributed by atoms with Gasteiger partial charge in [0.2, 0.25) is 5.91 Å². The lowest BCUT2D eigenvalue weighted by Crippen LogP contribution is -2.31. The van der Waals surface area contributed by atoms with Crippen molar-refractivity contribution in [2.45, 2.75) is 37.3 Å². The van der Waals surface area contributed by atoms with Gasteiger partial charge in [0, 0.05) is 28.2 Å². The second-order valence-corrected chi connectivity index (χ2v) is 8.49. The van der Waals surface area contributed by atoms with E-state index in [1.807, 2.05) is 18.2 Å². The highest BCUT2D eigenvalue weighted by molar-refractivity contribution is 8.00. The van der Waals surface area contributed by atoms with Gasteiger partial charge in [0.1, 0.15) is 5.03 Å². The van der Waals surface area contributed by atoms with Crippen LogP contribution in [0.1, 0.15) is 29.8 Å². The highest BCUT2D eigenvalue weighted by atomic mass is 35.5. The van der Waals surface area contributed by atoms with Crippen molar-refractivity contribution in [1.29, 1.82) is 0 Å². The molecule has 0 aliphatic heterocycles. The summed E-state index contributed by atoms with van der Waals surface area (Å²) in [7, 11) is 0. The minimum atomic E-state index is -0.293. The summed E-state index contributed by atoms with van der Waals surface area (Å²) in [6.45, 7) is 0.412. The molecule has 2 heterocycles. The molecule has 0 fully saturated rings. The molecule has 1 amide bonds. The Bertz CT molecular complexity index is 1120. The Labute approximate surface area is 183 Å². The number of pyridine rings is 1. The quantitative estimate of drug-likeness (QED) is 0.464. The lowest BCUT2D eigenvalue weighted by atomic mass is 9.97. The zero-order valence-corrected chi connectivity index (χ0v) is 17.9. The van der Waals surface area contributed by atoms with Crippen molar-refractivity contribution in [1.82, 2.24) is 14.5 Å². The van der Waals surface area contributed by atoms with Crippen LogP contribution in [0.4, 0.5) is 5.69 Å². The summed E-state index contributed by atoms with van der Waals surface area (Å²) in [6.07, 6.45) is 5.52. The van der Waals surface area contributed by atoms with Gasteiger partial charge < -0.3 is 5.32 Å². The van der Waals surface area contributed by atoms with E-state index in [0.29, 0.717) is 22.3 Å². The van der Waals surface area contributed by atoms with Crippen LogP contribution in [0.15, 0.2) is 58.5 Å². The van der Waals surface area contributed by atoms with E-state index in [-0.39, 0.29) is 17.3 Å². The van der Waals surface area contributed by atoms with E-state index in [4.69, 9.17) is 11.6 Å². The summed E-state index contributed by atoms with van der Waals surface area (Å²) in [5.74, 6) is 0.0154. The summed E-state index contributed by atoms with van der Waals surface area (Å²) < 4.78 is 1.73. The molecule has 0 atom stereocenters. The molecule has 154 valence electrons. The summed E-state index contributed by atoms with van der Waals surface area (Å²) in [5, 5.41) is 4.05. The first-order valence-corrected chi connectivity index (χ1v) is 11.2. The molecule has 0 saturated carbocycles. The van der Waals surface area contributed by atoms with Crippen LogP contribution in [0.2, 0.25) is 5.02 Å². The molecule has 0 saturated heterocycles. The minimum absolute atomic E-state index is 0.161. The number of halogens is 1. The van der Waals surface area contributed by atoms with Crippen molar-refractivity contribution in [2.24, 2.45) is 0 Å². The third-order valence-corrected chi connectivity index (χ3v) is 6.20. The smallest absolute Gasteiger partial charge is 0.325 e. The first kappa shape index (κ1) is 20.6. The van der Waals surface area contributed by atoms with Gasteiger partial charge in [-0.25, -0.2) is 4.79 Å². The van der Waals surface area contributed by atoms with Gasteiger partial charge in [-0.1, -0.05) is 35.5 Å². The predicted molar refractivity (Wildman–Crippen MR) is 119 cm³/mol. The number of nitrogens with one attached hydrogen (secondary N) is 1. The average Bonchev–Trinajstić information content (AvgIpc) is 2.75. The topological polar surface area (TPSA) is 76.9 Å². The molecule has 30 heavy (non-hydrogen) atoms. The first-order chi connectivity index (χ1) is 14.6. The van der Waals surface area contributed by atoms with Crippen molar-refractivity contribution in [3.63, 3.8) is 0 Å².